The first-order valence-electron chi connectivity index (χ1n) is 3.77. The Kier molecular flexibility index (Phi) is 1.62. The van der Waals surface area contributed by atoms with Gasteiger partial charge in [-0.3, -0.25) is 0 Å². The Morgan fingerprint density at radius 3 is 3.09 bits per heavy atom. The SMILES string of the molecule is Fc1ccc2c(c1)CC[N]C2. The molecule has 1 heterocycles. The van der Waals surface area contributed by atoms with Crippen molar-refractivity contribution in [3.63, 3.8) is 0 Å². The Morgan fingerprint density at radius 1 is 1.27 bits per heavy atom. The second kappa shape index (κ2) is 2.62. The monoisotopic (exact) mass is 150 g/mol. The molecule has 1 aromatic rings. The maximum absolute atomic E-state index is 12.7. The highest BCUT2D eigenvalue weighted by Crippen LogP contribution is 2.15. The van der Waals surface area contributed by atoms with Crippen molar-refractivity contribution in [3.8, 4) is 0 Å². The lowest BCUT2D eigenvalue weighted by Crippen LogP contribution is -2.17. The van der Waals surface area contributed by atoms with E-state index in [0.717, 1.165) is 25.1 Å². The molecule has 1 aromatic carbocycles. The highest BCUT2D eigenvalue weighted by molar-refractivity contribution is 5.29. The van der Waals surface area contributed by atoms with Gasteiger partial charge in [0, 0.05) is 13.1 Å². The van der Waals surface area contributed by atoms with Crippen LogP contribution in [0.4, 0.5) is 4.39 Å². The van der Waals surface area contributed by atoms with Gasteiger partial charge < -0.3 is 0 Å². The van der Waals surface area contributed by atoms with Crippen LogP contribution in [0.3, 0.4) is 0 Å². The average Bonchev–Trinajstić information content (AvgIpc) is 2.04. The Bertz CT molecular complexity index is 270. The Hall–Kier alpha value is -0.890. The number of halogens is 1. The number of hydrogen-bond donors (Lipinski definition) is 0. The van der Waals surface area contributed by atoms with E-state index in [2.05, 4.69) is 5.32 Å². The zero-order valence-corrected chi connectivity index (χ0v) is 6.18. The Labute approximate surface area is 65.2 Å². The lowest BCUT2D eigenvalue weighted by atomic mass is 10.0. The summed E-state index contributed by atoms with van der Waals surface area (Å²) in [6.45, 7) is 1.60. The molecular weight excluding hydrogens is 141 g/mol. The third kappa shape index (κ3) is 1.26. The Balaban J connectivity index is 2.43. The predicted molar refractivity (Wildman–Crippen MR) is 40.8 cm³/mol. The molecule has 1 aliphatic rings. The normalized spacial score (nSPS) is 16.1. The summed E-state index contributed by atoms with van der Waals surface area (Å²) in [5, 5.41) is 4.23. The van der Waals surface area contributed by atoms with Crippen LogP contribution in [0, 0.1) is 5.82 Å². The van der Waals surface area contributed by atoms with Gasteiger partial charge in [0.1, 0.15) is 5.82 Å². The van der Waals surface area contributed by atoms with Crippen molar-refractivity contribution in [1.29, 1.82) is 0 Å². The smallest absolute Gasteiger partial charge is 0.123 e. The van der Waals surface area contributed by atoms with Crippen LogP contribution in [-0.4, -0.2) is 6.54 Å². The maximum atomic E-state index is 12.7. The predicted octanol–water partition coefficient (Wildman–Crippen LogP) is 1.49. The van der Waals surface area contributed by atoms with E-state index in [-0.39, 0.29) is 5.82 Å². The molecule has 0 unspecified atom stereocenters. The molecule has 0 amide bonds. The zero-order valence-electron chi connectivity index (χ0n) is 6.18. The third-order valence-corrected chi connectivity index (χ3v) is 1.99. The summed E-state index contributed by atoms with van der Waals surface area (Å²) in [4.78, 5) is 0. The minimum absolute atomic E-state index is 0.134. The molecule has 0 aliphatic carbocycles. The van der Waals surface area contributed by atoms with E-state index < -0.39 is 0 Å². The van der Waals surface area contributed by atoms with Crippen molar-refractivity contribution in [2.45, 2.75) is 13.0 Å². The summed E-state index contributed by atoms with van der Waals surface area (Å²) in [6.07, 6.45) is 0.896. The first-order chi connectivity index (χ1) is 5.36. The quantitative estimate of drug-likeness (QED) is 0.532. The minimum Gasteiger partial charge on any atom is -0.237 e. The van der Waals surface area contributed by atoms with Crippen molar-refractivity contribution in [3.05, 3.63) is 35.1 Å². The van der Waals surface area contributed by atoms with Crippen LogP contribution >= 0.6 is 0 Å². The highest BCUT2D eigenvalue weighted by Gasteiger charge is 2.08. The summed E-state index contributed by atoms with van der Waals surface area (Å²) >= 11 is 0. The molecule has 57 valence electrons. The fourth-order valence-electron chi connectivity index (χ4n) is 1.38. The number of benzene rings is 1. The molecule has 2 rings (SSSR count). The van der Waals surface area contributed by atoms with Gasteiger partial charge in [-0.15, -0.1) is 0 Å². The largest absolute Gasteiger partial charge is 0.237 e. The third-order valence-electron chi connectivity index (χ3n) is 1.99. The first-order valence-corrected chi connectivity index (χ1v) is 3.77. The van der Waals surface area contributed by atoms with E-state index in [4.69, 9.17) is 0 Å². The molecule has 1 nitrogen and oxygen atoms in total. The van der Waals surface area contributed by atoms with Crippen LogP contribution in [0.15, 0.2) is 18.2 Å². The van der Waals surface area contributed by atoms with Gasteiger partial charge in [0.15, 0.2) is 0 Å². The van der Waals surface area contributed by atoms with Crippen LogP contribution in [-0.2, 0) is 13.0 Å². The fraction of sp³-hybridized carbons (Fsp3) is 0.333. The van der Waals surface area contributed by atoms with Gasteiger partial charge in [0.2, 0.25) is 0 Å². The summed E-state index contributed by atoms with van der Waals surface area (Å²) in [7, 11) is 0. The first kappa shape index (κ1) is 6.80. The van der Waals surface area contributed by atoms with Crippen molar-refractivity contribution < 1.29 is 4.39 Å². The molecule has 0 saturated heterocycles. The standard InChI is InChI=1S/C9H9FN/c10-9-2-1-8-6-11-4-3-7(8)5-9/h1-2,5H,3-4,6H2. The average molecular weight is 150 g/mol. The molecule has 2 heteroatoms. The van der Waals surface area contributed by atoms with Crippen LogP contribution in [0.25, 0.3) is 0 Å². The summed E-state index contributed by atoms with van der Waals surface area (Å²) in [5.74, 6) is -0.134. The second-order valence-electron chi connectivity index (χ2n) is 2.77. The molecule has 0 aromatic heterocycles. The molecule has 0 bridgehead atoms. The van der Waals surface area contributed by atoms with Gasteiger partial charge in [-0.25, -0.2) is 9.71 Å². The van der Waals surface area contributed by atoms with E-state index in [9.17, 15) is 4.39 Å². The Morgan fingerprint density at radius 2 is 2.18 bits per heavy atom. The van der Waals surface area contributed by atoms with Crippen LogP contribution in [0.5, 0.6) is 0 Å². The van der Waals surface area contributed by atoms with E-state index in [0.29, 0.717) is 0 Å². The van der Waals surface area contributed by atoms with Gasteiger partial charge in [0.25, 0.3) is 0 Å². The molecule has 1 aliphatic heterocycles. The molecule has 0 fully saturated rings. The van der Waals surface area contributed by atoms with E-state index in [1.165, 1.54) is 11.6 Å². The maximum Gasteiger partial charge on any atom is 0.123 e. The lowest BCUT2D eigenvalue weighted by Gasteiger charge is -2.14. The highest BCUT2D eigenvalue weighted by atomic mass is 19.1. The molecule has 0 N–H and O–H groups in total. The van der Waals surface area contributed by atoms with Gasteiger partial charge in [-0.2, -0.15) is 0 Å². The number of fused-ring (bicyclic) bond motifs is 1. The van der Waals surface area contributed by atoms with Gasteiger partial charge in [-0.1, -0.05) is 6.07 Å². The summed E-state index contributed by atoms with van der Waals surface area (Å²) in [6, 6.07) is 4.94. The molecular formula is C9H9FN. The van der Waals surface area contributed by atoms with E-state index >= 15 is 0 Å². The minimum atomic E-state index is -0.134. The van der Waals surface area contributed by atoms with Crippen LogP contribution in [0.2, 0.25) is 0 Å². The van der Waals surface area contributed by atoms with Crippen molar-refractivity contribution >= 4 is 0 Å². The number of rotatable bonds is 0. The summed E-state index contributed by atoms with van der Waals surface area (Å²) in [5.41, 5.74) is 2.30. The summed E-state index contributed by atoms with van der Waals surface area (Å²) < 4.78 is 12.7. The second-order valence-corrected chi connectivity index (χ2v) is 2.77. The molecule has 0 atom stereocenters. The lowest BCUT2D eigenvalue weighted by molar-refractivity contribution is 0.600. The van der Waals surface area contributed by atoms with Gasteiger partial charge in [-0.05, 0) is 29.7 Å². The molecule has 0 spiro atoms. The number of hydrogen-bond acceptors (Lipinski definition) is 0. The molecule has 1 radical (unpaired) electrons. The van der Waals surface area contributed by atoms with Crippen molar-refractivity contribution in [1.82, 2.24) is 5.32 Å². The number of nitrogens with zero attached hydrogens (tertiary/aromatic N) is 1. The van der Waals surface area contributed by atoms with E-state index in [1.807, 2.05) is 6.07 Å². The van der Waals surface area contributed by atoms with Gasteiger partial charge >= 0.3 is 0 Å². The van der Waals surface area contributed by atoms with Crippen molar-refractivity contribution in [2.75, 3.05) is 6.54 Å². The zero-order chi connectivity index (χ0) is 7.68. The molecule has 11 heavy (non-hydrogen) atoms. The molecule has 0 saturated carbocycles. The van der Waals surface area contributed by atoms with E-state index in [1.54, 1.807) is 6.07 Å². The van der Waals surface area contributed by atoms with Gasteiger partial charge in [0.05, 0.1) is 0 Å². The van der Waals surface area contributed by atoms with Crippen LogP contribution in [0.1, 0.15) is 11.1 Å². The fourth-order valence-corrected chi connectivity index (χ4v) is 1.38. The topological polar surface area (TPSA) is 14.1 Å². The van der Waals surface area contributed by atoms with Crippen molar-refractivity contribution in [2.24, 2.45) is 0 Å². The van der Waals surface area contributed by atoms with Crippen LogP contribution < -0.4 is 5.32 Å².